The predicted octanol–water partition coefficient (Wildman–Crippen LogP) is 3.33. The van der Waals surface area contributed by atoms with Gasteiger partial charge in [-0.1, -0.05) is 37.3 Å². The van der Waals surface area contributed by atoms with Crippen LogP contribution in [0.15, 0.2) is 30.3 Å². The monoisotopic (exact) mass is 183 g/mol. The van der Waals surface area contributed by atoms with Crippen LogP contribution in [0.4, 0.5) is 8.78 Å². The van der Waals surface area contributed by atoms with E-state index >= 15 is 0 Å². The Bertz CT molecular complexity index is 231. The molecule has 1 atom stereocenters. The molecule has 0 aromatic heterocycles. The SMILES string of the molecule is CC([CH]Cc1ccccc1)C(F)F. The summed E-state index contributed by atoms with van der Waals surface area (Å²) < 4.78 is 24.2. The van der Waals surface area contributed by atoms with Gasteiger partial charge in [0.2, 0.25) is 6.43 Å². The zero-order chi connectivity index (χ0) is 9.68. The van der Waals surface area contributed by atoms with Gasteiger partial charge in [-0.25, -0.2) is 8.78 Å². The van der Waals surface area contributed by atoms with Crippen LogP contribution in [0, 0.1) is 12.3 Å². The topological polar surface area (TPSA) is 0 Å². The smallest absolute Gasteiger partial charge is 0.210 e. The summed E-state index contributed by atoms with van der Waals surface area (Å²) in [7, 11) is 0. The maximum Gasteiger partial charge on any atom is 0.241 e. The molecule has 0 bridgehead atoms. The molecule has 0 saturated carbocycles. The van der Waals surface area contributed by atoms with E-state index in [1.165, 1.54) is 6.92 Å². The van der Waals surface area contributed by atoms with E-state index in [1.54, 1.807) is 6.42 Å². The van der Waals surface area contributed by atoms with Gasteiger partial charge in [-0.05, 0) is 18.4 Å². The highest BCUT2D eigenvalue weighted by atomic mass is 19.3. The van der Waals surface area contributed by atoms with E-state index in [0.29, 0.717) is 6.42 Å². The molecule has 71 valence electrons. The molecule has 0 amide bonds. The Morgan fingerprint density at radius 3 is 2.38 bits per heavy atom. The van der Waals surface area contributed by atoms with Gasteiger partial charge in [0.15, 0.2) is 0 Å². The van der Waals surface area contributed by atoms with Crippen molar-refractivity contribution in [2.45, 2.75) is 19.8 Å². The van der Waals surface area contributed by atoms with Gasteiger partial charge in [0, 0.05) is 5.92 Å². The summed E-state index contributed by atoms with van der Waals surface area (Å²) in [6.07, 6.45) is 0.0236. The van der Waals surface area contributed by atoms with Crippen molar-refractivity contribution >= 4 is 0 Å². The van der Waals surface area contributed by atoms with Crippen molar-refractivity contribution in [1.29, 1.82) is 0 Å². The van der Waals surface area contributed by atoms with E-state index in [-0.39, 0.29) is 0 Å². The molecule has 13 heavy (non-hydrogen) atoms. The first kappa shape index (κ1) is 10.2. The molecule has 0 heterocycles. The van der Waals surface area contributed by atoms with E-state index in [9.17, 15) is 8.78 Å². The Morgan fingerprint density at radius 1 is 1.23 bits per heavy atom. The highest BCUT2D eigenvalue weighted by Crippen LogP contribution is 2.14. The fourth-order valence-electron chi connectivity index (χ4n) is 1.04. The van der Waals surface area contributed by atoms with E-state index in [0.717, 1.165) is 5.56 Å². The van der Waals surface area contributed by atoms with Crippen LogP contribution in [0.2, 0.25) is 0 Å². The van der Waals surface area contributed by atoms with Crippen LogP contribution in [-0.2, 0) is 6.42 Å². The van der Waals surface area contributed by atoms with Gasteiger partial charge in [-0.3, -0.25) is 0 Å². The molecule has 0 N–H and O–H groups in total. The van der Waals surface area contributed by atoms with Gasteiger partial charge in [0.05, 0.1) is 0 Å². The van der Waals surface area contributed by atoms with Crippen molar-refractivity contribution in [2.24, 2.45) is 5.92 Å². The number of rotatable bonds is 4. The molecule has 0 saturated heterocycles. The van der Waals surface area contributed by atoms with E-state index in [2.05, 4.69) is 0 Å². The third-order valence-electron chi connectivity index (χ3n) is 1.97. The van der Waals surface area contributed by atoms with Gasteiger partial charge in [0.25, 0.3) is 0 Å². The molecule has 1 unspecified atom stereocenters. The number of benzene rings is 1. The first-order chi connectivity index (χ1) is 6.20. The second-order valence-electron chi connectivity index (χ2n) is 3.12. The van der Waals surface area contributed by atoms with Crippen LogP contribution in [0.25, 0.3) is 0 Å². The molecule has 2 heteroatoms. The molecule has 0 fully saturated rings. The van der Waals surface area contributed by atoms with Crippen molar-refractivity contribution in [1.82, 2.24) is 0 Å². The summed E-state index contributed by atoms with van der Waals surface area (Å²) in [6.45, 7) is 1.54. The third-order valence-corrected chi connectivity index (χ3v) is 1.97. The molecule has 0 spiro atoms. The Balaban J connectivity index is 2.35. The molecule has 1 radical (unpaired) electrons. The maximum absolute atomic E-state index is 12.1. The number of halogens is 2. The quantitative estimate of drug-likeness (QED) is 0.671. The zero-order valence-electron chi connectivity index (χ0n) is 7.58. The molecule has 1 aromatic rings. The number of hydrogen-bond acceptors (Lipinski definition) is 0. The Morgan fingerprint density at radius 2 is 1.85 bits per heavy atom. The van der Waals surface area contributed by atoms with Crippen LogP contribution < -0.4 is 0 Å². The summed E-state index contributed by atoms with van der Waals surface area (Å²) in [6, 6.07) is 9.62. The fraction of sp³-hybridized carbons (Fsp3) is 0.364. The molecule has 0 nitrogen and oxygen atoms in total. The summed E-state index contributed by atoms with van der Waals surface area (Å²) >= 11 is 0. The summed E-state index contributed by atoms with van der Waals surface area (Å²) in [5, 5.41) is 0. The third kappa shape index (κ3) is 3.53. The predicted molar refractivity (Wildman–Crippen MR) is 49.6 cm³/mol. The second-order valence-corrected chi connectivity index (χ2v) is 3.12. The van der Waals surface area contributed by atoms with Crippen LogP contribution in [0.1, 0.15) is 12.5 Å². The zero-order valence-corrected chi connectivity index (χ0v) is 7.58. The van der Waals surface area contributed by atoms with Crippen LogP contribution in [0.3, 0.4) is 0 Å². The van der Waals surface area contributed by atoms with Crippen molar-refractivity contribution in [3.8, 4) is 0 Å². The lowest BCUT2D eigenvalue weighted by Gasteiger charge is -2.08. The molecular weight excluding hydrogens is 170 g/mol. The normalized spacial score (nSPS) is 13.2. The molecule has 1 aromatic carbocycles. The summed E-state index contributed by atoms with van der Waals surface area (Å²) in [5.41, 5.74) is 1.08. The Hall–Kier alpha value is -0.920. The van der Waals surface area contributed by atoms with Crippen LogP contribution in [-0.4, -0.2) is 6.43 Å². The van der Waals surface area contributed by atoms with E-state index < -0.39 is 12.3 Å². The first-order valence-electron chi connectivity index (χ1n) is 4.35. The average molecular weight is 183 g/mol. The van der Waals surface area contributed by atoms with Gasteiger partial charge in [0.1, 0.15) is 0 Å². The van der Waals surface area contributed by atoms with Crippen molar-refractivity contribution in [2.75, 3.05) is 0 Å². The lowest BCUT2D eigenvalue weighted by Crippen LogP contribution is -2.08. The number of alkyl halides is 2. The summed E-state index contributed by atoms with van der Waals surface area (Å²) in [4.78, 5) is 0. The maximum atomic E-state index is 12.1. The summed E-state index contributed by atoms with van der Waals surface area (Å²) in [5.74, 6) is -0.625. The lowest BCUT2D eigenvalue weighted by molar-refractivity contribution is 0.100. The molecule has 1 rings (SSSR count). The molecule has 0 aliphatic carbocycles. The average Bonchev–Trinajstić information content (AvgIpc) is 2.15. The minimum absolute atomic E-state index is 0.617. The highest BCUT2D eigenvalue weighted by molar-refractivity contribution is 5.16. The minimum atomic E-state index is -2.25. The standard InChI is InChI=1S/C11H13F2/c1-9(11(12)13)7-8-10-5-3-2-4-6-10/h2-7,9,11H,8H2,1H3. The molecule has 0 aliphatic rings. The van der Waals surface area contributed by atoms with Crippen molar-refractivity contribution < 1.29 is 8.78 Å². The largest absolute Gasteiger partial charge is 0.241 e. The number of hydrogen-bond donors (Lipinski definition) is 0. The van der Waals surface area contributed by atoms with Crippen LogP contribution >= 0.6 is 0 Å². The Labute approximate surface area is 77.6 Å². The fourth-order valence-corrected chi connectivity index (χ4v) is 1.04. The Kier molecular flexibility index (Phi) is 3.87. The minimum Gasteiger partial charge on any atom is -0.210 e. The molecular formula is C11H13F2. The van der Waals surface area contributed by atoms with Gasteiger partial charge in [-0.15, -0.1) is 0 Å². The van der Waals surface area contributed by atoms with Crippen molar-refractivity contribution in [3.05, 3.63) is 42.3 Å². The molecule has 0 aliphatic heterocycles. The first-order valence-corrected chi connectivity index (χ1v) is 4.35. The highest BCUT2D eigenvalue weighted by Gasteiger charge is 2.13. The van der Waals surface area contributed by atoms with E-state index in [1.807, 2.05) is 30.3 Å². The second kappa shape index (κ2) is 4.95. The lowest BCUT2D eigenvalue weighted by atomic mass is 10.0. The van der Waals surface area contributed by atoms with Gasteiger partial charge in [-0.2, -0.15) is 0 Å². The van der Waals surface area contributed by atoms with Gasteiger partial charge < -0.3 is 0 Å². The van der Waals surface area contributed by atoms with Gasteiger partial charge >= 0.3 is 0 Å². The van der Waals surface area contributed by atoms with E-state index in [4.69, 9.17) is 0 Å². The van der Waals surface area contributed by atoms with Crippen LogP contribution in [0.5, 0.6) is 0 Å². The van der Waals surface area contributed by atoms with Crippen molar-refractivity contribution in [3.63, 3.8) is 0 Å².